The van der Waals surface area contributed by atoms with E-state index in [1.54, 1.807) is 0 Å². The summed E-state index contributed by atoms with van der Waals surface area (Å²) in [4.78, 5) is 4.55. The Morgan fingerprint density at radius 3 is 2.57 bits per heavy atom. The highest BCUT2D eigenvalue weighted by Gasteiger charge is 2.20. The Hall–Kier alpha value is -1.47. The van der Waals surface area contributed by atoms with Gasteiger partial charge >= 0.3 is 0 Å². The average molecular weight is 337 g/mol. The molecule has 0 radical (unpaired) electrons. The van der Waals surface area contributed by atoms with Gasteiger partial charge in [0, 0.05) is 32.7 Å². The van der Waals surface area contributed by atoms with E-state index in [4.69, 9.17) is 16.0 Å². The van der Waals surface area contributed by atoms with Crippen LogP contribution in [0.1, 0.15) is 12.8 Å². The van der Waals surface area contributed by atoms with E-state index in [1.807, 2.05) is 31.2 Å². The zero-order valence-corrected chi connectivity index (χ0v) is 13.9. The second kappa shape index (κ2) is 7.40. The van der Waals surface area contributed by atoms with Gasteiger partial charge in [-0.05, 0) is 19.1 Å². The van der Waals surface area contributed by atoms with Crippen molar-refractivity contribution in [3.05, 3.63) is 35.2 Å². The molecule has 1 atom stereocenters. The third kappa shape index (κ3) is 4.29. The number of aliphatic hydroxyl groups excluding tert-OH is 1. The molecule has 3 rings (SSSR count). The molecule has 1 aromatic carbocycles. The van der Waals surface area contributed by atoms with Crippen LogP contribution in [0.25, 0.3) is 11.5 Å². The van der Waals surface area contributed by atoms with Crippen LogP contribution in [-0.4, -0.2) is 63.9 Å². The van der Waals surface area contributed by atoms with Crippen LogP contribution < -0.4 is 0 Å². The standard InChI is InChI=1S/C16H21ClN4O2/c1-12(22)10-20-6-8-21(9-7-20)11-15-18-19-16(23-15)13-4-2-3-5-14(13)17/h2-5,12,22H,6-11H2,1H3/t12-/m1/s1. The van der Waals surface area contributed by atoms with Crippen LogP contribution >= 0.6 is 11.6 Å². The quantitative estimate of drug-likeness (QED) is 0.899. The Morgan fingerprint density at radius 1 is 1.17 bits per heavy atom. The van der Waals surface area contributed by atoms with E-state index in [2.05, 4.69) is 20.0 Å². The Bertz CT molecular complexity index is 639. The number of β-amino-alcohol motifs (C(OH)–C–C–N with tert-alkyl or cyclic N) is 1. The Labute approximate surface area is 140 Å². The summed E-state index contributed by atoms with van der Waals surface area (Å²) in [6.45, 7) is 6.92. The minimum absolute atomic E-state index is 0.282. The monoisotopic (exact) mass is 336 g/mol. The second-order valence-corrected chi connectivity index (χ2v) is 6.31. The van der Waals surface area contributed by atoms with Gasteiger partial charge in [0.2, 0.25) is 11.8 Å². The fourth-order valence-corrected chi connectivity index (χ4v) is 2.97. The van der Waals surface area contributed by atoms with Gasteiger partial charge in [-0.3, -0.25) is 9.80 Å². The smallest absolute Gasteiger partial charge is 0.249 e. The molecule has 23 heavy (non-hydrogen) atoms. The molecule has 1 aliphatic heterocycles. The van der Waals surface area contributed by atoms with E-state index in [1.165, 1.54) is 0 Å². The van der Waals surface area contributed by atoms with E-state index in [9.17, 15) is 5.11 Å². The maximum Gasteiger partial charge on any atom is 0.249 e. The first-order valence-electron chi connectivity index (χ1n) is 7.82. The molecular formula is C16H21ClN4O2. The first kappa shape index (κ1) is 16.4. The van der Waals surface area contributed by atoms with Crippen molar-refractivity contribution in [3.63, 3.8) is 0 Å². The molecule has 1 N–H and O–H groups in total. The van der Waals surface area contributed by atoms with Crippen LogP contribution in [-0.2, 0) is 6.54 Å². The van der Waals surface area contributed by atoms with E-state index in [0.717, 1.165) is 38.3 Å². The first-order chi connectivity index (χ1) is 11.1. The maximum atomic E-state index is 9.44. The molecule has 1 aromatic heterocycles. The number of hydrogen-bond acceptors (Lipinski definition) is 6. The summed E-state index contributed by atoms with van der Waals surface area (Å²) in [5, 5.41) is 18.3. The summed E-state index contributed by atoms with van der Waals surface area (Å²) in [6.07, 6.45) is -0.282. The summed E-state index contributed by atoms with van der Waals surface area (Å²) in [5.74, 6) is 1.06. The number of aliphatic hydroxyl groups is 1. The first-order valence-corrected chi connectivity index (χ1v) is 8.19. The summed E-state index contributed by atoms with van der Waals surface area (Å²) >= 11 is 6.15. The number of benzene rings is 1. The van der Waals surface area contributed by atoms with Gasteiger partial charge in [-0.1, -0.05) is 23.7 Å². The van der Waals surface area contributed by atoms with Crippen LogP contribution in [0.15, 0.2) is 28.7 Å². The molecule has 1 saturated heterocycles. The summed E-state index contributed by atoms with van der Waals surface area (Å²) in [7, 11) is 0. The van der Waals surface area contributed by atoms with Crippen molar-refractivity contribution in [2.45, 2.75) is 19.6 Å². The predicted molar refractivity (Wildman–Crippen MR) is 88.1 cm³/mol. The normalized spacial score (nSPS) is 18.2. The van der Waals surface area contributed by atoms with E-state index >= 15 is 0 Å². The highest BCUT2D eigenvalue weighted by atomic mass is 35.5. The fourth-order valence-electron chi connectivity index (χ4n) is 2.76. The lowest BCUT2D eigenvalue weighted by Gasteiger charge is -2.34. The number of nitrogens with zero attached hydrogens (tertiary/aromatic N) is 4. The molecule has 7 heteroatoms. The molecule has 0 unspecified atom stereocenters. The molecule has 1 aliphatic rings. The number of piperazine rings is 1. The summed E-state index contributed by atoms with van der Waals surface area (Å²) in [5.41, 5.74) is 0.759. The minimum atomic E-state index is -0.282. The lowest BCUT2D eigenvalue weighted by Crippen LogP contribution is -2.47. The third-order valence-corrected chi connectivity index (χ3v) is 4.25. The van der Waals surface area contributed by atoms with Crippen molar-refractivity contribution < 1.29 is 9.52 Å². The van der Waals surface area contributed by atoms with Gasteiger partial charge in [-0.2, -0.15) is 0 Å². The van der Waals surface area contributed by atoms with Gasteiger partial charge in [-0.25, -0.2) is 0 Å². The zero-order valence-electron chi connectivity index (χ0n) is 13.2. The Kier molecular flexibility index (Phi) is 5.27. The maximum absolute atomic E-state index is 9.44. The largest absolute Gasteiger partial charge is 0.419 e. The lowest BCUT2D eigenvalue weighted by atomic mass is 10.2. The molecule has 1 fully saturated rings. The molecule has 0 saturated carbocycles. The summed E-state index contributed by atoms with van der Waals surface area (Å²) in [6, 6.07) is 7.44. The van der Waals surface area contributed by atoms with Gasteiger partial charge < -0.3 is 9.52 Å². The topological polar surface area (TPSA) is 65.6 Å². The second-order valence-electron chi connectivity index (χ2n) is 5.91. The van der Waals surface area contributed by atoms with E-state index < -0.39 is 0 Å². The van der Waals surface area contributed by atoms with Crippen LogP contribution in [0.2, 0.25) is 5.02 Å². The number of aromatic nitrogens is 2. The van der Waals surface area contributed by atoms with Crippen LogP contribution in [0.3, 0.4) is 0 Å². The molecule has 0 aliphatic carbocycles. The Balaban J connectivity index is 1.57. The van der Waals surface area contributed by atoms with Crippen molar-refractivity contribution in [2.24, 2.45) is 0 Å². The van der Waals surface area contributed by atoms with Crippen LogP contribution in [0, 0.1) is 0 Å². The highest BCUT2D eigenvalue weighted by molar-refractivity contribution is 6.33. The SMILES string of the molecule is C[C@@H](O)CN1CCN(Cc2nnc(-c3ccccc3Cl)o2)CC1. The van der Waals surface area contributed by atoms with Gasteiger partial charge in [0.1, 0.15) is 0 Å². The van der Waals surface area contributed by atoms with Crippen LogP contribution in [0.5, 0.6) is 0 Å². The van der Waals surface area contributed by atoms with Gasteiger partial charge in [0.25, 0.3) is 0 Å². The fraction of sp³-hybridized carbons (Fsp3) is 0.500. The van der Waals surface area contributed by atoms with Gasteiger partial charge in [0.15, 0.2) is 0 Å². The molecule has 0 amide bonds. The van der Waals surface area contributed by atoms with Crippen molar-refractivity contribution in [1.29, 1.82) is 0 Å². The molecule has 0 spiro atoms. The molecule has 6 nitrogen and oxygen atoms in total. The average Bonchev–Trinajstić information content (AvgIpc) is 2.97. The van der Waals surface area contributed by atoms with Crippen molar-refractivity contribution >= 4 is 11.6 Å². The Morgan fingerprint density at radius 2 is 1.87 bits per heavy atom. The van der Waals surface area contributed by atoms with Gasteiger partial charge in [0.05, 0.1) is 23.2 Å². The lowest BCUT2D eigenvalue weighted by molar-refractivity contribution is 0.0747. The molecule has 124 valence electrons. The van der Waals surface area contributed by atoms with Crippen molar-refractivity contribution in [1.82, 2.24) is 20.0 Å². The summed E-state index contributed by atoms with van der Waals surface area (Å²) < 4.78 is 5.74. The highest BCUT2D eigenvalue weighted by Crippen LogP contribution is 2.26. The van der Waals surface area contributed by atoms with Crippen molar-refractivity contribution in [2.75, 3.05) is 32.7 Å². The number of rotatable bonds is 5. The van der Waals surface area contributed by atoms with Crippen LogP contribution in [0.4, 0.5) is 0 Å². The molecule has 2 aromatic rings. The molecular weight excluding hydrogens is 316 g/mol. The molecule has 0 bridgehead atoms. The number of halogens is 1. The third-order valence-electron chi connectivity index (χ3n) is 3.92. The minimum Gasteiger partial charge on any atom is -0.419 e. The predicted octanol–water partition coefficient (Wildman–Crippen LogP) is 1.89. The van der Waals surface area contributed by atoms with E-state index in [-0.39, 0.29) is 6.10 Å². The van der Waals surface area contributed by atoms with Crippen molar-refractivity contribution in [3.8, 4) is 11.5 Å². The number of hydrogen-bond donors (Lipinski definition) is 1. The van der Waals surface area contributed by atoms with E-state index in [0.29, 0.717) is 23.3 Å². The van der Waals surface area contributed by atoms with Gasteiger partial charge in [-0.15, -0.1) is 10.2 Å². The zero-order chi connectivity index (χ0) is 16.2. The molecule has 2 heterocycles.